The van der Waals surface area contributed by atoms with Crippen molar-refractivity contribution in [2.75, 3.05) is 0 Å². The van der Waals surface area contributed by atoms with Gasteiger partial charge in [0.2, 0.25) is 0 Å². The summed E-state index contributed by atoms with van der Waals surface area (Å²) in [5.74, 6) is -0.256. The summed E-state index contributed by atoms with van der Waals surface area (Å²) in [6.45, 7) is 6.93. The molecule has 0 bridgehead atoms. The minimum absolute atomic E-state index is 0. The van der Waals surface area contributed by atoms with Crippen LogP contribution in [0.15, 0.2) is 12.9 Å². The van der Waals surface area contributed by atoms with Crippen molar-refractivity contribution in [3.8, 4) is 0 Å². The summed E-state index contributed by atoms with van der Waals surface area (Å²) in [4.78, 5) is 7.75. The largest absolute Gasteiger partial charge is 1.00 e. The molecule has 0 aliphatic carbocycles. The Bertz CT molecular complexity index is 299. The third kappa shape index (κ3) is 2.30. The van der Waals surface area contributed by atoms with E-state index in [0.717, 1.165) is 11.3 Å². The van der Waals surface area contributed by atoms with Crippen LogP contribution >= 0.6 is 0 Å². The molecule has 0 saturated carbocycles. The Balaban J connectivity index is 0.00000121. The van der Waals surface area contributed by atoms with Gasteiger partial charge in [-0.2, -0.15) is 0 Å². The van der Waals surface area contributed by atoms with E-state index in [1.807, 2.05) is 13.8 Å². The van der Waals surface area contributed by atoms with E-state index in [1.165, 1.54) is 6.33 Å². The monoisotopic (exact) mass is 172 g/mol. The first-order chi connectivity index (χ1) is 5.13. The first-order valence-corrected chi connectivity index (χ1v) is 3.27. The second kappa shape index (κ2) is 4.60. The molecule has 0 N–H and O–H groups in total. The number of aromatic nitrogens is 2. The zero-order valence-corrected chi connectivity index (χ0v) is 9.59. The van der Waals surface area contributed by atoms with Gasteiger partial charge in [0.1, 0.15) is 6.33 Å². The van der Waals surface area contributed by atoms with Crippen LogP contribution in [-0.2, 0) is 0 Å². The number of aryl methyl sites for hydroxylation is 1. The van der Waals surface area contributed by atoms with E-state index in [2.05, 4.69) is 16.5 Å². The van der Waals surface area contributed by atoms with E-state index in [-0.39, 0.29) is 35.3 Å². The average Bonchev–Trinajstić information content (AvgIpc) is 1.94. The molecule has 0 radical (unpaired) electrons. The topological polar surface area (TPSA) is 48.8 Å². The summed E-state index contributed by atoms with van der Waals surface area (Å²) in [5.41, 5.74) is 2.05. The molecule has 58 valence electrons. The van der Waals surface area contributed by atoms with E-state index in [1.54, 1.807) is 0 Å². The second-order valence-corrected chi connectivity index (χ2v) is 2.36. The molecule has 1 heterocycles. The van der Waals surface area contributed by atoms with Crippen molar-refractivity contribution in [1.29, 1.82) is 0 Å². The van der Waals surface area contributed by atoms with Gasteiger partial charge < -0.3 is 5.11 Å². The fourth-order valence-corrected chi connectivity index (χ4v) is 0.819. The summed E-state index contributed by atoms with van der Waals surface area (Å²) < 4.78 is 0. The van der Waals surface area contributed by atoms with Gasteiger partial charge in [-0.15, -0.1) is 6.58 Å². The normalized spacial score (nSPS) is 8.83. The van der Waals surface area contributed by atoms with Crippen molar-refractivity contribution < 1.29 is 34.7 Å². The third-order valence-electron chi connectivity index (χ3n) is 1.60. The molecular formula is C8H9N2NaO. The summed E-state index contributed by atoms with van der Waals surface area (Å²) in [7, 11) is 0. The fourth-order valence-electron chi connectivity index (χ4n) is 0.819. The Morgan fingerprint density at radius 1 is 1.42 bits per heavy atom. The second-order valence-electron chi connectivity index (χ2n) is 2.36. The fraction of sp³-hybridized carbons (Fsp3) is 0.250. The van der Waals surface area contributed by atoms with Gasteiger partial charge in [0.25, 0.3) is 0 Å². The minimum atomic E-state index is -0.256. The molecule has 12 heavy (non-hydrogen) atoms. The molecule has 0 aliphatic rings. The molecule has 1 aromatic rings. The number of nitrogens with zero attached hydrogens (tertiary/aromatic N) is 2. The summed E-state index contributed by atoms with van der Waals surface area (Å²) in [6.07, 6.45) is 1.38. The third-order valence-corrected chi connectivity index (χ3v) is 1.60. The molecule has 0 fully saturated rings. The predicted octanol–water partition coefficient (Wildman–Crippen LogP) is -2.57. The quantitative estimate of drug-likeness (QED) is 0.345. The van der Waals surface area contributed by atoms with Crippen molar-refractivity contribution in [3.63, 3.8) is 0 Å². The van der Waals surface area contributed by atoms with Crippen molar-refractivity contribution >= 4 is 5.76 Å². The van der Waals surface area contributed by atoms with Crippen LogP contribution in [0.1, 0.15) is 17.0 Å². The van der Waals surface area contributed by atoms with Crippen LogP contribution in [0.5, 0.6) is 0 Å². The molecule has 0 aliphatic heterocycles. The van der Waals surface area contributed by atoms with E-state index in [4.69, 9.17) is 0 Å². The van der Waals surface area contributed by atoms with Crippen LogP contribution in [-0.4, -0.2) is 9.97 Å². The van der Waals surface area contributed by atoms with E-state index < -0.39 is 0 Å². The summed E-state index contributed by atoms with van der Waals surface area (Å²) >= 11 is 0. The summed E-state index contributed by atoms with van der Waals surface area (Å²) in [6, 6.07) is 0. The van der Waals surface area contributed by atoms with Gasteiger partial charge in [-0.1, -0.05) is 5.76 Å². The molecule has 1 rings (SSSR count). The molecule has 0 atom stereocenters. The van der Waals surface area contributed by atoms with Crippen LogP contribution in [0, 0.1) is 13.8 Å². The SMILES string of the molecule is C=C([O-])c1ncnc(C)c1C.[Na+]. The zero-order valence-electron chi connectivity index (χ0n) is 7.59. The maximum atomic E-state index is 10.8. The molecular weight excluding hydrogens is 163 g/mol. The Hall–Kier alpha value is -0.380. The predicted molar refractivity (Wildman–Crippen MR) is 40.5 cm³/mol. The van der Waals surface area contributed by atoms with Gasteiger partial charge in [0.05, 0.1) is 5.69 Å². The Morgan fingerprint density at radius 2 is 2.00 bits per heavy atom. The smallest absolute Gasteiger partial charge is 0.871 e. The van der Waals surface area contributed by atoms with Crippen LogP contribution in [0.2, 0.25) is 0 Å². The molecule has 0 saturated heterocycles. The van der Waals surface area contributed by atoms with Gasteiger partial charge in [-0.25, -0.2) is 9.97 Å². The molecule has 0 spiro atoms. The first kappa shape index (κ1) is 11.6. The molecule has 0 unspecified atom stereocenters. The summed E-state index contributed by atoms with van der Waals surface area (Å²) in [5, 5.41) is 10.8. The first-order valence-electron chi connectivity index (χ1n) is 3.27. The van der Waals surface area contributed by atoms with Gasteiger partial charge in [0.15, 0.2) is 0 Å². The van der Waals surface area contributed by atoms with Crippen molar-refractivity contribution in [2.45, 2.75) is 13.8 Å². The van der Waals surface area contributed by atoms with Gasteiger partial charge in [-0.05, 0) is 19.4 Å². The maximum Gasteiger partial charge on any atom is 1.00 e. The van der Waals surface area contributed by atoms with Gasteiger partial charge in [0, 0.05) is 5.69 Å². The number of hydrogen-bond donors (Lipinski definition) is 0. The van der Waals surface area contributed by atoms with E-state index >= 15 is 0 Å². The van der Waals surface area contributed by atoms with Crippen LogP contribution < -0.4 is 34.7 Å². The molecule has 3 nitrogen and oxygen atoms in total. The molecule has 0 aromatic carbocycles. The van der Waals surface area contributed by atoms with E-state index in [0.29, 0.717) is 5.69 Å². The Labute approximate surface area is 93.8 Å². The van der Waals surface area contributed by atoms with Crippen LogP contribution in [0.25, 0.3) is 5.76 Å². The van der Waals surface area contributed by atoms with Crippen molar-refractivity contribution in [1.82, 2.24) is 9.97 Å². The van der Waals surface area contributed by atoms with Crippen LogP contribution in [0.3, 0.4) is 0 Å². The average molecular weight is 172 g/mol. The standard InChI is InChI=1S/C8H10N2O.Na/c1-5-6(2)9-4-10-8(5)7(3)11;/h4,11H,3H2,1-2H3;/q;+1/p-1. The van der Waals surface area contributed by atoms with E-state index in [9.17, 15) is 5.11 Å². The van der Waals surface area contributed by atoms with Crippen molar-refractivity contribution in [2.24, 2.45) is 0 Å². The van der Waals surface area contributed by atoms with Gasteiger partial charge in [-0.3, -0.25) is 0 Å². The number of hydrogen-bond acceptors (Lipinski definition) is 3. The zero-order chi connectivity index (χ0) is 8.43. The molecule has 1 aromatic heterocycles. The molecule has 0 amide bonds. The maximum absolute atomic E-state index is 10.8. The van der Waals surface area contributed by atoms with Crippen LogP contribution in [0.4, 0.5) is 0 Å². The number of rotatable bonds is 1. The molecule has 4 heteroatoms. The Kier molecular flexibility index (Phi) is 4.45. The Morgan fingerprint density at radius 3 is 2.42 bits per heavy atom. The van der Waals surface area contributed by atoms with Crippen molar-refractivity contribution in [3.05, 3.63) is 29.9 Å². The minimum Gasteiger partial charge on any atom is -0.871 e. The van der Waals surface area contributed by atoms with Gasteiger partial charge >= 0.3 is 29.6 Å².